The van der Waals surface area contributed by atoms with Crippen LogP contribution in [0, 0.1) is 5.92 Å². The third kappa shape index (κ3) is 6.11. The first-order chi connectivity index (χ1) is 9.88. The number of hydrogen-bond acceptors (Lipinski definition) is 3. The number of aliphatic hydroxyl groups is 1. The number of likely N-dealkylation sites (tertiary alicyclic amines) is 2. The molecule has 0 aromatic rings. The van der Waals surface area contributed by atoms with Crippen LogP contribution in [-0.4, -0.2) is 60.8 Å². The van der Waals surface area contributed by atoms with E-state index in [2.05, 4.69) is 9.80 Å². The minimum absolute atomic E-state index is 0.376. The summed E-state index contributed by atoms with van der Waals surface area (Å²) >= 11 is 0. The van der Waals surface area contributed by atoms with Gasteiger partial charge in [-0.25, -0.2) is 0 Å². The van der Waals surface area contributed by atoms with Crippen molar-refractivity contribution in [3.63, 3.8) is 0 Å². The normalized spacial score (nSPS) is 23.2. The van der Waals surface area contributed by atoms with Crippen LogP contribution in [0.25, 0.3) is 0 Å². The van der Waals surface area contributed by atoms with Gasteiger partial charge in [-0.3, -0.25) is 0 Å². The molecular weight excluding hydrogens is 248 g/mol. The quantitative estimate of drug-likeness (QED) is 0.694. The molecule has 2 heterocycles. The Hall–Kier alpha value is -0.120. The van der Waals surface area contributed by atoms with E-state index in [-0.39, 0.29) is 0 Å². The molecule has 0 atom stereocenters. The van der Waals surface area contributed by atoms with E-state index in [0.717, 1.165) is 12.3 Å². The van der Waals surface area contributed by atoms with Crippen molar-refractivity contribution in [3.8, 4) is 0 Å². The summed E-state index contributed by atoms with van der Waals surface area (Å²) in [5.74, 6) is 0.787. The topological polar surface area (TPSA) is 26.7 Å². The maximum Gasteiger partial charge on any atom is 0.0433 e. The van der Waals surface area contributed by atoms with Crippen molar-refractivity contribution in [2.75, 3.05) is 45.9 Å². The molecule has 1 N–H and O–H groups in total. The van der Waals surface area contributed by atoms with Crippen molar-refractivity contribution < 1.29 is 5.11 Å². The zero-order valence-corrected chi connectivity index (χ0v) is 13.2. The van der Waals surface area contributed by atoms with Crippen LogP contribution in [0.15, 0.2) is 0 Å². The van der Waals surface area contributed by atoms with Crippen molar-refractivity contribution in [2.24, 2.45) is 5.92 Å². The van der Waals surface area contributed by atoms with E-state index in [4.69, 9.17) is 5.11 Å². The molecule has 0 amide bonds. The van der Waals surface area contributed by atoms with E-state index in [1.807, 2.05) is 0 Å². The van der Waals surface area contributed by atoms with Gasteiger partial charge in [-0.1, -0.05) is 12.8 Å². The highest BCUT2D eigenvalue weighted by molar-refractivity contribution is 4.72. The monoisotopic (exact) mass is 282 g/mol. The Bertz CT molecular complexity index is 233. The van der Waals surface area contributed by atoms with Crippen molar-refractivity contribution in [3.05, 3.63) is 0 Å². The molecule has 3 nitrogen and oxygen atoms in total. The molecule has 0 aromatic carbocycles. The predicted octanol–water partition coefficient (Wildman–Crippen LogP) is 2.74. The van der Waals surface area contributed by atoms with Crippen LogP contribution in [0.3, 0.4) is 0 Å². The standard InChI is InChI=1S/C17H34N2O/c20-16-9-17-7-14-19(15-8-17)13-6-2-5-12-18-10-3-1-4-11-18/h17,20H,1-16H2. The first kappa shape index (κ1) is 16.3. The Balaban J connectivity index is 1.43. The maximum absolute atomic E-state index is 8.97. The summed E-state index contributed by atoms with van der Waals surface area (Å²) < 4.78 is 0. The molecule has 2 saturated heterocycles. The third-order valence-electron chi connectivity index (χ3n) is 5.14. The molecule has 0 aromatic heterocycles. The first-order valence-corrected chi connectivity index (χ1v) is 8.94. The second kappa shape index (κ2) is 9.75. The Morgan fingerprint density at radius 2 is 1.35 bits per heavy atom. The van der Waals surface area contributed by atoms with Gasteiger partial charge in [-0.15, -0.1) is 0 Å². The molecule has 20 heavy (non-hydrogen) atoms. The summed E-state index contributed by atoms with van der Waals surface area (Å²) in [6, 6.07) is 0. The van der Waals surface area contributed by atoms with Crippen LogP contribution in [-0.2, 0) is 0 Å². The average Bonchev–Trinajstić information content (AvgIpc) is 2.50. The zero-order valence-electron chi connectivity index (χ0n) is 13.2. The van der Waals surface area contributed by atoms with Crippen LogP contribution in [0.1, 0.15) is 57.8 Å². The highest BCUT2D eigenvalue weighted by Crippen LogP contribution is 2.20. The lowest BCUT2D eigenvalue weighted by molar-refractivity contribution is 0.155. The molecule has 0 saturated carbocycles. The van der Waals surface area contributed by atoms with Gasteiger partial charge in [0.1, 0.15) is 0 Å². The lowest BCUT2D eigenvalue weighted by Crippen LogP contribution is -2.34. The zero-order chi connectivity index (χ0) is 14.0. The number of aliphatic hydroxyl groups excluding tert-OH is 1. The minimum atomic E-state index is 0.376. The fraction of sp³-hybridized carbons (Fsp3) is 1.00. The Morgan fingerprint density at radius 3 is 1.95 bits per heavy atom. The summed E-state index contributed by atoms with van der Waals surface area (Å²) in [6.07, 6.45) is 12.1. The van der Waals surface area contributed by atoms with Crippen LogP contribution in [0.2, 0.25) is 0 Å². The van der Waals surface area contributed by atoms with Gasteiger partial charge in [0.2, 0.25) is 0 Å². The second-order valence-electron chi connectivity index (χ2n) is 6.76. The van der Waals surface area contributed by atoms with Crippen LogP contribution in [0.5, 0.6) is 0 Å². The molecule has 2 aliphatic heterocycles. The second-order valence-corrected chi connectivity index (χ2v) is 6.76. The van der Waals surface area contributed by atoms with Gasteiger partial charge in [0.05, 0.1) is 0 Å². The molecule has 0 unspecified atom stereocenters. The van der Waals surface area contributed by atoms with Gasteiger partial charge < -0.3 is 14.9 Å². The number of piperidine rings is 2. The van der Waals surface area contributed by atoms with E-state index < -0.39 is 0 Å². The number of unbranched alkanes of at least 4 members (excludes halogenated alkanes) is 2. The van der Waals surface area contributed by atoms with Crippen LogP contribution < -0.4 is 0 Å². The fourth-order valence-electron chi connectivity index (χ4n) is 3.71. The van der Waals surface area contributed by atoms with Gasteiger partial charge >= 0.3 is 0 Å². The first-order valence-electron chi connectivity index (χ1n) is 8.94. The lowest BCUT2D eigenvalue weighted by Gasteiger charge is -2.31. The van der Waals surface area contributed by atoms with Gasteiger partial charge in [-0.05, 0) is 90.1 Å². The number of rotatable bonds is 8. The molecule has 0 bridgehead atoms. The highest BCUT2D eigenvalue weighted by atomic mass is 16.3. The summed E-state index contributed by atoms with van der Waals surface area (Å²) in [6.45, 7) is 8.22. The minimum Gasteiger partial charge on any atom is -0.396 e. The molecule has 3 heteroatoms. The molecule has 0 aliphatic carbocycles. The van der Waals surface area contributed by atoms with E-state index in [0.29, 0.717) is 6.61 Å². The average molecular weight is 282 g/mol. The number of hydrogen-bond donors (Lipinski definition) is 1. The van der Waals surface area contributed by atoms with E-state index in [1.54, 1.807) is 0 Å². The summed E-state index contributed by atoms with van der Waals surface area (Å²) in [5, 5.41) is 8.97. The predicted molar refractivity (Wildman–Crippen MR) is 85.0 cm³/mol. The molecule has 118 valence electrons. The van der Waals surface area contributed by atoms with E-state index >= 15 is 0 Å². The van der Waals surface area contributed by atoms with Gasteiger partial charge in [0.25, 0.3) is 0 Å². The summed E-state index contributed by atoms with van der Waals surface area (Å²) in [4.78, 5) is 5.29. The SMILES string of the molecule is OCCC1CCN(CCCCCN2CCCCC2)CC1. The lowest BCUT2D eigenvalue weighted by atomic mass is 9.94. The summed E-state index contributed by atoms with van der Waals surface area (Å²) in [7, 11) is 0. The van der Waals surface area contributed by atoms with Gasteiger partial charge in [0, 0.05) is 6.61 Å². The Morgan fingerprint density at radius 1 is 0.750 bits per heavy atom. The molecule has 2 rings (SSSR count). The van der Waals surface area contributed by atoms with Gasteiger partial charge in [-0.2, -0.15) is 0 Å². The molecule has 0 spiro atoms. The van der Waals surface area contributed by atoms with E-state index in [9.17, 15) is 0 Å². The molecular formula is C17H34N2O. The number of nitrogens with zero attached hydrogens (tertiary/aromatic N) is 2. The van der Waals surface area contributed by atoms with E-state index in [1.165, 1.54) is 90.6 Å². The van der Waals surface area contributed by atoms with Crippen LogP contribution in [0.4, 0.5) is 0 Å². The molecule has 2 fully saturated rings. The van der Waals surface area contributed by atoms with Crippen molar-refractivity contribution in [1.29, 1.82) is 0 Å². The Kier molecular flexibility index (Phi) is 7.92. The maximum atomic E-state index is 8.97. The molecule has 2 aliphatic rings. The molecule has 0 radical (unpaired) electrons. The summed E-state index contributed by atoms with van der Waals surface area (Å²) in [5.41, 5.74) is 0. The smallest absolute Gasteiger partial charge is 0.0433 e. The Labute approximate surface area is 125 Å². The van der Waals surface area contributed by atoms with Crippen molar-refractivity contribution in [2.45, 2.75) is 57.8 Å². The van der Waals surface area contributed by atoms with Crippen molar-refractivity contribution >= 4 is 0 Å². The van der Waals surface area contributed by atoms with Crippen LogP contribution >= 0.6 is 0 Å². The van der Waals surface area contributed by atoms with Crippen molar-refractivity contribution in [1.82, 2.24) is 9.80 Å². The largest absolute Gasteiger partial charge is 0.396 e. The fourth-order valence-corrected chi connectivity index (χ4v) is 3.71. The third-order valence-corrected chi connectivity index (χ3v) is 5.14. The van der Waals surface area contributed by atoms with Gasteiger partial charge in [0.15, 0.2) is 0 Å². The highest BCUT2D eigenvalue weighted by Gasteiger charge is 2.18.